The Kier molecular flexibility index (Phi) is 3.29. The van der Waals surface area contributed by atoms with E-state index in [0.717, 1.165) is 28.9 Å². The third kappa shape index (κ3) is 2.20. The van der Waals surface area contributed by atoms with E-state index in [1.54, 1.807) is 18.5 Å². The highest BCUT2D eigenvalue weighted by Crippen LogP contribution is 2.28. The van der Waals surface area contributed by atoms with Crippen LogP contribution in [-0.2, 0) is 13.2 Å². The lowest BCUT2D eigenvalue weighted by molar-refractivity contribution is 0.295. The standard InChI is InChI=1S/C16H16N2O2/c1-2-18-13(11-20-14-6-4-8-17-10-14)9-12-5-3-7-15(19)16(12)18/h3-10,19H,2,11H2,1H3. The van der Waals surface area contributed by atoms with Crippen molar-refractivity contribution < 1.29 is 9.84 Å². The maximum atomic E-state index is 10.0. The van der Waals surface area contributed by atoms with Crippen molar-refractivity contribution >= 4 is 10.9 Å². The van der Waals surface area contributed by atoms with Crippen LogP contribution in [0.4, 0.5) is 0 Å². The molecule has 0 saturated heterocycles. The third-order valence-electron chi connectivity index (χ3n) is 3.32. The number of aromatic hydroxyl groups is 1. The first kappa shape index (κ1) is 12.5. The average molecular weight is 268 g/mol. The molecule has 4 nitrogen and oxygen atoms in total. The Hall–Kier alpha value is -2.49. The molecule has 0 atom stereocenters. The fraction of sp³-hybridized carbons (Fsp3) is 0.188. The summed E-state index contributed by atoms with van der Waals surface area (Å²) in [5.41, 5.74) is 1.90. The van der Waals surface area contributed by atoms with Gasteiger partial charge in [-0.3, -0.25) is 4.98 Å². The van der Waals surface area contributed by atoms with Crippen molar-refractivity contribution in [2.24, 2.45) is 0 Å². The molecule has 0 aliphatic carbocycles. The van der Waals surface area contributed by atoms with Crippen molar-refractivity contribution in [2.75, 3.05) is 0 Å². The number of aryl methyl sites for hydroxylation is 1. The van der Waals surface area contributed by atoms with E-state index < -0.39 is 0 Å². The Labute approximate surface area is 117 Å². The smallest absolute Gasteiger partial charge is 0.139 e. The number of para-hydroxylation sites is 1. The molecule has 0 spiro atoms. The predicted molar refractivity (Wildman–Crippen MR) is 77.8 cm³/mol. The van der Waals surface area contributed by atoms with Crippen molar-refractivity contribution in [1.82, 2.24) is 9.55 Å². The molecule has 2 heterocycles. The molecule has 0 fully saturated rings. The minimum atomic E-state index is 0.303. The van der Waals surface area contributed by atoms with E-state index >= 15 is 0 Å². The first-order valence-electron chi connectivity index (χ1n) is 6.62. The van der Waals surface area contributed by atoms with Crippen molar-refractivity contribution in [3.05, 3.63) is 54.5 Å². The Bertz CT molecular complexity index is 720. The monoisotopic (exact) mass is 268 g/mol. The molecule has 0 saturated carbocycles. The molecule has 4 heteroatoms. The Morgan fingerprint density at radius 2 is 2.15 bits per heavy atom. The van der Waals surface area contributed by atoms with Gasteiger partial charge in [0, 0.05) is 18.1 Å². The van der Waals surface area contributed by atoms with Gasteiger partial charge in [-0.25, -0.2) is 0 Å². The van der Waals surface area contributed by atoms with Gasteiger partial charge in [0.05, 0.1) is 17.4 Å². The molecular formula is C16H16N2O2. The molecular weight excluding hydrogens is 252 g/mol. The summed E-state index contributed by atoms with van der Waals surface area (Å²) >= 11 is 0. The van der Waals surface area contributed by atoms with E-state index in [4.69, 9.17) is 4.74 Å². The minimum absolute atomic E-state index is 0.303. The van der Waals surface area contributed by atoms with Crippen LogP contribution in [0.25, 0.3) is 10.9 Å². The molecule has 0 amide bonds. The average Bonchev–Trinajstić information content (AvgIpc) is 2.85. The minimum Gasteiger partial charge on any atom is -0.506 e. The van der Waals surface area contributed by atoms with Crippen LogP contribution in [0, 0.1) is 0 Å². The van der Waals surface area contributed by atoms with Crippen molar-refractivity contribution in [3.63, 3.8) is 0 Å². The summed E-state index contributed by atoms with van der Waals surface area (Å²) in [4.78, 5) is 4.02. The first-order valence-corrected chi connectivity index (χ1v) is 6.62. The zero-order valence-corrected chi connectivity index (χ0v) is 11.3. The van der Waals surface area contributed by atoms with Gasteiger partial charge in [-0.05, 0) is 31.2 Å². The van der Waals surface area contributed by atoms with Crippen LogP contribution in [0.5, 0.6) is 11.5 Å². The SMILES string of the molecule is CCn1c(COc2cccnc2)cc2cccc(O)c21. The Balaban J connectivity index is 1.93. The van der Waals surface area contributed by atoms with E-state index in [1.165, 1.54) is 0 Å². The highest BCUT2D eigenvalue weighted by molar-refractivity contribution is 5.86. The summed E-state index contributed by atoms with van der Waals surface area (Å²) in [7, 11) is 0. The van der Waals surface area contributed by atoms with E-state index in [0.29, 0.717) is 12.4 Å². The number of hydrogen-bond acceptors (Lipinski definition) is 3. The van der Waals surface area contributed by atoms with Crippen LogP contribution in [0.15, 0.2) is 48.8 Å². The van der Waals surface area contributed by atoms with Crippen LogP contribution in [0.1, 0.15) is 12.6 Å². The molecule has 1 N–H and O–H groups in total. The molecule has 0 bridgehead atoms. The van der Waals surface area contributed by atoms with Gasteiger partial charge in [-0.1, -0.05) is 12.1 Å². The van der Waals surface area contributed by atoms with Gasteiger partial charge in [0.2, 0.25) is 0 Å². The fourth-order valence-corrected chi connectivity index (χ4v) is 2.43. The summed E-state index contributed by atoms with van der Waals surface area (Å²) in [6.07, 6.45) is 3.41. The van der Waals surface area contributed by atoms with Crippen LogP contribution in [0.2, 0.25) is 0 Å². The van der Waals surface area contributed by atoms with Crippen molar-refractivity contribution in [2.45, 2.75) is 20.1 Å². The van der Waals surface area contributed by atoms with E-state index in [-0.39, 0.29) is 0 Å². The molecule has 1 aromatic carbocycles. The second-order valence-electron chi connectivity index (χ2n) is 4.57. The molecule has 0 aliphatic rings. The zero-order valence-electron chi connectivity index (χ0n) is 11.3. The first-order chi connectivity index (χ1) is 9.79. The lowest BCUT2D eigenvalue weighted by Gasteiger charge is -2.10. The number of rotatable bonds is 4. The number of phenols is 1. The summed E-state index contributed by atoms with van der Waals surface area (Å²) in [6, 6.07) is 11.3. The summed E-state index contributed by atoms with van der Waals surface area (Å²) < 4.78 is 7.81. The Morgan fingerprint density at radius 1 is 1.25 bits per heavy atom. The summed E-state index contributed by atoms with van der Waals surface area (Å²) in [5.74, 6) is 1.04. The fourth-order valence-electron chi connectivity index (χ4n) is 2.43. The van der Waals surface area contributed by atoms with Gasteiger partial charge in [0.1, 0.15) is 18.1 Å². The highest BCUT2D eigenvalue weighted by atomic mass is 16.5. The van der Waals surface area contributed by atoms with Crippen LogP contribution < -0.4 is 4.74 Å². The van der Waals surface area contributed by atoms with Crippen LogP contribution in [-0.4, -0.2) is 14.7 Å². The van der Waals surface area contributed by atoms with Gasteiger partial charge in [-0.2, -0.15) is 0 Å². The van der Waals surface area contributed by atoms with Gasteiger partial charge in [-0.15, -0.1) is 0 Å². The number of benzene rings is 1. The highest BCUT2D eigenvalue weighted by Gasteiger charge is 2.11. The molecule has 0 radical (unpaired) electrons. The summed E-state index contributed by atoms with van der Waals surface area (Å²) in [5, 5.41) is 11.0. The number of pyridine rings is 1. The van der Waals surface area contributed by atoms with E-state index in [9.17, 15) is 5.11 Å². The number of nitrogens with zero attached hydrogens (tertiary/aromatic N) is 2. The third-order valence-corrected chi connectivity index (χ3v) is 3.32. The molecule has 20 heavy (non-hydrogen) atoms. The van der Waals surface area contributed by atoms with Gasteiger partial charge in [0.15, 0.2) is 0 Å². The van der Waals surface area contributed by atoms with Crippen molar-refractivity contribution in [3.8, 4) is 11.5 Å². The number of ether oxygens (including phenoxy) is 1. The zero-order chi connectivity index (χ0) is 13.9. The summed E-state index contributed by atoms with van der Waals surface area (Å²) in [6.45, 7) is 3.29. The molecule has 102 valence electrons. The van der Waals surface area contributed by atoms with Crippen LogP contribution >= 0.6 is 0 Å². The van der Waals surface area contributed by atoms with E-state index in [1.807, 2.05) is 24.3 Å². The number of aromatic nitrogens is 2. The van der Waals surface area contributed by atoms with Gasteiger partial charge < -0.3 is 14.4 Å². The maximum absolute atomic E-state index is 10.0. The Morgan fingerprint density at radius 3 is 2.90 bits per heavy atom. The molecule has 3 aromatic rings. The molecule has 3 rings (SSSR count). The maximum Gasteiger partial charge on any atom is 0.139 e. The number of phenolic OH excluding ortho intramolecular Hbond substituents is 1. The largest absolute Gasteiger partial charge is 0.506 e. The number of fused-ring (bicyclic) bond motifs is 1. The number of hydrogen-bond donors (Lipinski definition) is 1. The predicted octanol–water partition coefficient (Wildman–Crippen LogP) is 3.34. The molecule has 2 aromatic heterocycles. The topological polar surface area (TPSA) is 47.3 Å². The lowest BCUT2D eigenvalue weighted by atomic mass is 10.2. The second kappa shape index (κ2) is 5.25. The molecule has 0 unspecified atom stereocenters. The lowest BCUT2D eigenvalue weighted by Crippen LogP contribution is -2.04. The quantitative estimate of drug-likeness (QED) is 0.789. The van der Waals surface area contributed by atoms with Gasteiger partial charge in [0.25, 0.3) is 0 Å². The normalized spacial score (nSPS) is 10.8. The van der Waals surface area contributed by atoms with Crippen LogP contribution in [0.3, 0.4) is 0 Å². The molecule has 0 aliphatic heterocycles. The van der Waals surface area contributed by atoms with Crippen molar-refractivity contribution in [1.29, 1.82) is 0 Å². The van der Waals surface area contributed by atoms with E-state index in [2.05, 4.69) is 22.5 Å². The second-order valence-corrected chi connectivity index (χ2v) is 4.57. The van der Waals surface area contributed by atoms with Gasteiger partial charge >= 0.3 is 0 Å².